The van der Waals surface area contributed by atoms with Gasteiger partial charge in [-0.15, -0.1) is 0 Å². The molecular formula is C20H20ClN3O4S2. The number of sulfone groups is 1. The van der Waals surface area contributed by atoms with Crippen molar-refractivity contribution in [3.63, 3.8) is 0 Å². The molecule has 0 bridgehead atoms. The topological polar surface area (TPSA) is 88.1 Å². The van der Waals surface area contributed by atoms with Gasteiger partial charge >= 0.3 is 0 Å². The summed E-state index contributed by atoms with van der Waals surface area (Å²) in [7, 11) is -1.59. The van der Waals surface area contributed by atoms with Crippen molar-refractivity contribution < 1.29 is 17.9 Å². The SMILES string of the molecule is COc1ccccc1N1C(SCC(=O)Nc2cccc(Cl)c2)=N[C@@H]2CS(=O)(=O)C[C@@H]21. The molecule has 0 spiro atoms. The first-order valence-corrected chi connectivity index (χ1v) is 12.4. The van der Waals surface area contributed by atoms with Crippen LogP contribution in [-0.2, 0) is 14.6 Å². The summed E-state index contributed by atoms with van der Waals surface area (Å²) in [6.45, 7) is 0. The summed E-state index contributed by atoms with van der Waals surface area (Å²) in [4.78, 5) is 19.0. The number of fused-ring (bicyclic) bond motifs is 1. The van der Waals surface area contributed by atoms with Crippen LogP contribution in [-0.4, -0.2) is 55.9 Å². The third-order valence-electron chi connectivity index (χ3n) is 4.89. The summed E-state index contributed by atoms with van der Waals surface area (Å²) >= 11 is 7.23. The van der Waals surface area contributed by atoms with Gasteiger partial charge in [-0.1, -0.05) is 41.6 Å². The lowest BCUT2D eigenvalue weighted by atomic mass is 10.1. The third kappa shape index (κ3) is 4.43. The van der Waals surface area contributed by atoms with Crippen LogP contribution >= 0.6 is 23.4 Å². The number of aliphatic imine (C=N–C) groups is 1. The Bertz CT molecular complexity index is 1110. The van der Waals surface area contributed by atoms with Crippen LogP contribution < -0.4 is 15.0 Å². The first-order valence-electron chi connectivity index (χ1n) is 9.25. The number of anilines is 2. The van der Waals surface area contributed by atoms with Crippen LogP contribution in [0.4, 0.5) is 11.4 Å². The van der Waals surface area contributed by atoms with E-state index in [1.165, 1.54) is 11.8 Å². The molecule has 0 unspecified atom stereocenters. The van der Waals surface area contributed by atoms with E-state index in [-0.39, 0.29) is 35.2 Å². The molecule has 0 radical (unpaired) electrons. The molecular weight excluding hydrogens is 446 g/mol. The first-order chi connectivity index (χ1) is 14.4. The van der Waals surface area contributed by atoms with E-state index in [1.807, 2.05) is 29.2 Å². The fourth-order valence-electron chi connectivity index (χ4n) is 3.64. The molecule has 2 aromatic rings. The number of para-hydroxylation sites is 2. The number of nitrogens with zero attached hydrogens (tertiary/aromatic N) is 2. The summed E-state index contributed by atoms with van der Waals surface area (Å²) in [5.41, 5.74) is 1.36. The molecule has 30 heavy (non-hydrogen) atoms. The molecule has 2 atom stereocenters. The molecule has 7 nitrogen and oxygen atoms in total. The summed E-state index contributed by atoms with van der Waals surface area (Å²) in [6.07, 6.45) is 0. The Morgan fingerprint density at radius 2 is 2.07 bits per heavy atom. The maximum atomic E-state index is 12.4. The van der Waals surface area contributed by atoms with E-state index in [9.17, 15) is 13.2 Å². The second-order valence-electron chi connectivity index (χ2n) is 7.01. The number of thioether (sulfide) groups is 1. The molecule has 0 aliphatic carbocycles. The fraction of sp³-hybridized carbons (Fsp3) is 0.300. The Labute approximate surface area is 184 Å². The molecule has 1 amide bonds. The number of amides is 1. The van der Waals surface area contributed by atoms with Crippen molar-refractivity contribution in [1.82, 2.24) is 0 Å². The predicted octanol–water partition coefficient (Wildman–Crippen LogP) is 3.06. The van der Waals surface area contributed by atoms with E-state index >= 15 is 0 Å². The average Bonchev–Trinajstić information content (AvgIpc) is 3.17. The van der Waals surface area contributed by atoms with Crippen LogP contribution in [0.1, 0.15) is 0 Å². The highest BCUT2D eigenvalue weighted by Crippen LogP contribution is 2.39. The molecule has 10 heteroatoms. The standard InChI is InChI=1S/C20H20ClN3O4S2/c1-28-18-8-3-2-7-16(18)24-17-12-30(26,27)11-15(17)23-20(24)29-10-19(25)22-14-6-4-5-13(21)9-14/h2-9,15,17H,10-12H2,1H3,(H,22,25)/t15-,17+/m1/s1. The third-order valence-corrected chi connectivity index (χ3v) is 7.79. The van der Waals surface area contributed by atoms with Gasteiger partial charge in [0.25, 0.3) is 0 Å². The number of carbonyl (C=O) groups is 1. The first kappa shape index (κ1) is 21.0. The smallest absolute Gasteiger partial charge is 0.234 e. The maximum Gasteiger partial charge on any atom is 0.234 e. The van der Waals surface area contributed by atoms with Crippen LogP contribution in [0.25, 0.3) is 0 Å². The summed E-state index contributed by atoms with van der Waals surface area (Å²) in [5, 5.41) is 3.96. The molecule has 1 N–H and O–H groups in total. The monoisotopic (exact) mass is 465 g/mol. The normalized spacial score (nSPS) is 21.8. The largest absolute Gasteiger partial charge is 0.495 e. The van der Waals surface area contributed by atoms with Crippen LogP contribution in [0.2, 0.25) is 5.02 Å². The minimum atomic E-state index is -3.16. The van der Waals surface area contributed by atoms with E-state index in [0.29, 0.717) is 21.6 Å². The Morgan fingerprint density at radius 1 is 1.27 bits per heavy atom. The quantitative estimate of drug-likeness (QED) is 0.730. The number of hydrogen-bond acceptors (Lipinski definition) is 7. The number of carbonyl (C=O) groups excluding carboxylic acids is 1. The molecule has 2 aromatic carbocycles. The minimum Gasteiger partial charge on any atom is -0.495 e. The van der Waals surface area contributed by atoms with Crippen LogP contribution in [0.5, 0.6) is 5.75 Å². The Kier molecular flexibility index (Phi) is 5.95. The van der Waals surface area contributed by atoms with E-state index in [2.05, 4.69) is 10.3 Å². The highest BCUT2D eigenvalue weighted by molar-refractivity contribution is 8.14. The summed E-state index contributed by atoms with van der Waals surface area (Å²) < 4.78 is 29.8. The number of nitrogens with one attached hydrogen (secondary N) is 1. The lowest BCUT2D eigenvalue weighted by Gasteiger charge is -2.27. The maximum absolute atomic E-state index is 12.4. The second kappa shape index (κ2) is 8.49. The van der Waals surface area contributed by atoms with Gasteiger partial charge in [0, 0.05) is 10.7 Å². The predicted molar refractivity (Wildman–Crippen MR) is 122 cm³/mol. The summed E-state index contributed by atoms with van der Waals surface area (Å²) in [6, 6.07) is 13.7. The number of rotatable bonds is 5. The zero-order chi connectivity index (χ0) is 21.3. The van der Waals surface area contributed by atoms with Gasteiger partial charge < -0.3 is 15.0 Å². The molecule has 0 aromatic heterocycles. The fourth-order valence-corrected chi connectivity index (χ4v) is 6.59. The molecule has 4 rings (SSSR count). The molecule has 1 saturated heterocycles. The Morgan fingerprint density at radius 3 is 2.83 bits per heavy atom. The number of amidine groups is 1. The van der Waals surface area contributed by atoms with E-state index in [1.54, 1.807) is 31.4 Å². The van der Waals surface area contributed by atoms with E-state index in [4.69, 9.17) is 16.3 Å². The van der Waals surface area contributed by atoms with E-state index in [0.717, 1.165) is 5.69 Å². The molecule has 2 aliphatic heterocycles. The van der Waals surface area contributed by atoms with Gasteiger partial charge in [0.05, 0.1) is 42.1 Å². The van der Waals surface area contributed by atoms with Crippen molar-refractivity contribution in [3.05, 3.63) is 53.6 Å². The number of benzene rings is 2. The number of halogens is 1. The number of hydrogen-bond donors (Lipinski definition) is 1. The molecule has 1 fully saturated rings. The van der Waals surface area contributed by atoms with Crippen molar-refractivity contribution in [2.75, 3.05) is 34.6 Å². The van der Waals surface area contributed by atoms with Crippen molar-refractivity contribution in [2.45, 2.75) is 12.1 Å². The van der Waals surface area contributed by atoms with Crippen molar-refractivity contribution >= 4 is 55.6 Å². The second-order valence-corrected chi connectivity index (χ2v) is 10.5. The molecule has 2 aliphatic rings. The van der Waals surface area contributed by atoms with Crippen molar-refractivity contribution in [1.29, 1.82) is 0 Å². The Hall–Kier alpha value is -2.23. The molecule has 158 valence electrons. The van der Waals surface area contributed by atoms with Gasteiger partial charge in [0.15, 0.2) is 15.0 Å². The van der Waals surface area contributed by atoms with Crippen molar-refractivity contribution in [3.8, 4) is 5.75 Å². The van der Waals surface area contributed by atoms with E-state index < -0.39 is 9.84 Å². The Balaban J connectivity index is 1.54. The number of methoxy groups -OCH3 is 1. The van der Waals surface area contributed by atoms with Gasteiger partial charge in [0.1, 0.15) is 5.75 Å². The molecule has 2 heterocycles. The van der Waals surface area contributed by atoms with Crippen molar-refractivity contribution in [2.24, 2.45) is 4.99 Å². The zero-order valence-corrected chi connectivity index (χ0v) is 18.5. The highest BCUT2D eigenvalue weighted by Gasteiger charge is 2.47. The van der Waals surface area contributed by atoms with Gasteiger partial charge in [-0.05, 0) is 30.3 Å². The van der Waals surface area contributed by atoms with Gasteiger partial charge in [0.2, 0.25) is 5.91 Å². The van der Waals surface area contributed by atoms with Gasteiger partial charge in [-0.25, -0.2) is 8.42 Å². The van der Waals surface area contributed by atoms with Crippen LogP contribution in [0.15, 0.2) is 53.5 Å². The van der Waals surface area contributed by atoms with Gasteiger partial charge in [-0.3, -0.25) is 9.79 Å². The van der Waals surface area contributed by atoms with Gasteiger partial charge in [-0.2, -0.15) is 0 Å². The lowest BCUT2D eigenvalue weighted by molar-refractivity contribution is -0.113. The zero-order valence-electron chi connectivity index (χ0n) is 16.1. The van der Waals surface area contributed by atoms with Crippen LogP contribution in [0.3, 0.4) is 0 Å². The lowest BCUT2D eigenvalue weighted by Crippen LogP contribution is -2.39. The average molecular weight is 466 g/mol. The van der Waals surface area contributed by atoms with Crippen LogP contribution in [0, 0.1) is 0 Å². The minimum absolute atomic E-state index is 0.0160. The number of ether oxygens (including phenoxy) is 1. The highest BCUT2D eigenvalue weighted by atomic mass is 35.5. The summed E-state index contributed by atoms with van der Waals surface area (Å²) in [5.74, 6) is 0.595. The molecule has 0 saturated carbocycles.